The Morgan fingerprint density at radius 2 is 1.71 bits per heavy atom. The van der Waals surface area contributed by atoms with Crippen LogP contribution in [-0.4, -0.2) is 42.9 Å². The first kappa shape index (κ1) is 18.5. The van der Waals surface area contributed by atoms with Crippen LogP contribution in [0.1, 0.15) is 31.2 Å². The summed E-state index contributed by atoms with van der Waals surface area (Å²) < 4.78 is 0. The summed E-state index contributed by atoms with van der Waals surface area (Å²) in [6, 6.07) is 18.4. The maximum absolute atomic E-state index is 13.0. The van der Waals surface area contributed by atoms with E-state index in [0.717, 1.165) is 36.4 Å². The van der Waals surface area contributed by atoms with Crippen molar-refractivity contribution in [1.29, 1.82) is 0 Å². The molecular formula is C23H27N3O2. The van der Waals surface area contributed by atoms with Crippen LogP contribution in [0.15, 0.2) is 54.6 Å². The molecule has 0 bridgehead atoms. The molecule has 0 saturated carbocycles. The lowest BCUT2D eigenvalue weighted by Gasteiger charge is -2.40. The van der Waals surface area contributed by atoms with Crippen LogP contribution in [0.3, 0.4) is 0 Å². The molecule has 0 spiro atoms. The summed E-state index contributed by atoms with van der Waals surface area (Å²) in [5, 5.41) is 0. The lowest BCUT2D eigenvalue weighted by Crippen LogP contribution is -2.48. The molecule has 146 valence electrons. The molecular weight excluding hydrogens is 350 g/mol. The average molecular weight is 377 g/mol. The van der Waals surface area contributed by atoms with Crippen LogP contribution >= 0.6 is 0 Å². The second-order valence-corrected chi connectivity index (χ2v) is 7.72. The molecule has 1 atom stereocenters. The standard InChI is InChI=1S/C23H27N3O2/c1-24(16-18-8-3-2-4-9-18)22(27)13-14-23(28)26-17-19-10-7-15-25(19)20-11-5-6-12-21(20)26/h2-6,8-9,11-12,19H,7,10,13-17H2,1H3. The van der Waals surface area contributed by atoms with Crippen molar-refractivity contribution >= 4 is 23.2 Å². The fraction of sp³-hybridized carbons (Fsp3) is 0.391. The third kappa shape index (κ3) is 3.75. The van der Waals surface area contributed by atoms with E-state index in [-0.39, 0.29) is 24.7 Å². The largest absolute Gasteiger partial charge is 0.365 e. The molecule has 5 nitrogen and oxygen atoms in total. The zero-order valence-corrected chi connectivity index (χ0v) is 16.4. The minimum absolute atomic E-state index is 0.00462. The minimum Gasteiger partial charge on any atom is -0.365 e. The monoisotopic (exact) mass is 377 g/mol. The lowest BCUT2D eigenvalue weighted by molar-refractivity contribution is -0.132. The zero-order chi connectivity index (χ0) is 19.5. The Bertz CT molecular complexity index is 852. The van der Waals surface area contributed by atoms with E-state index in [1.54, 1.807) is 11.9 Å². The molecule has 2 aromatic carbocycles. The van der Waals surface area contributed by atoms with Crippen molar-refractivity contribution in [3.8, 4) is 0 Å². The van der Waals surface area contributed by atoms with Gasteiger partial charge in [-0.25, -0.2) is 0 Å². The summed E-state index contributed by atoms with van der Waals surface area (Å²) in [6.07, 6.45) is 2.79. The SMILES string of the molecule is CN(Cc1ccccc1)C(=O)CCC(=O)N1CC2CCCN2c2ccccc21. The quantitative estimate of drug-likeness (QED) is 0.802. The number of anilines is 2. The predicted octanol–water partition coefficient (Wildman–Crippen LogP) is 3.44. The molecule has 2 aliphatic rings. The Kier molecular flexibility index (Phi) is 5.33. The Morgan fingerprint density at radius 3 is 2.50 bits per heavy atom. The first-order chi connectivity index (χ1) is 13.6. The van der Waals surface area contributed by atoms with Gasteiger partial charge in [-0.3, -0.25) is 9.59 Å². The highest BCUT2D eigenvalue weighted by Crippen LogP contribution is 2.39. The van der Waals surface area contributed by atoms with E-state index in [2.05, 4.69) is 11.0 Å². The van der Waals surface area contributed by atoms with Gasteiger partial charge in [0.25, 0.3) is 0 Å². The van der Waals surface area contributed by atoms with Gasteiger partial charge in [-0.1, -0.05) is 42.5 Å². The molecule has 0 aromatic heterocycles. The summed E-state index contributed by atoms with van der Waals surface area (Å²) in [5.41, 5.74) is 3.23. The summed E-state index contributed by atoms with van der Waals surface area (Å²) in [7, 11) is 1.80. The third-order valence-electron chi connectivity index (χ3n) is 5.79. The fourth-order valence-electron chi connectivity index (χ4n) is 4.31. The van der Waals surface area contributed by atoms with Crippen LogP contribution in [0.2, 0.25) is 0 Å². The van der Waals surface area contributed by atoms with Crippen LogP contribution in [0, 0.1) is 0 Å². The summed E-state index contributed by atoms with van der Waals surface area (Å²) >= 11 is 0. The fourth-order valence-corrected chi connectivity index (χ4v) is 4.31. The van der Waals surface area contributed by atoms with Crippen LogP contribution in [0.25, 0.3) is 0 Å². The molecule has 2 aromatic rings. The van der Waals surface area contributed by atoms with Crippen molar-refractivity contribution in [1.82, 2.24) is 4.90 Å². The Hall–Kier alpha value is -2.82. The Labute approximate surface area is 166 Å². The highest BCUT2D eigenvalue weighted by atomic mass is 16.2. The molecule has 1 fully saturated rings. The maximum atomic E-state index is 13.0. The molecule has 5 heteroatoms. The van der Waals surface area contributed by atoms with E-state index in [9.17, 15) is 9.59 Å². The van der Waals surface area contributed by atoms with Gasteiger partial charge in [0, 0.05) is 45.6 Å². The highest BCUT2D eigenvalue weighted by Gasteiger charge is 2.35. The summed E-state index contributed by atoms with van der Waals surface area (Å²) in [5.74, 6) is 0.0467. The highest BCUT2D eigenvalue weighted by molar-refractivity contribution is 5.99. The van der Waals surface area contributed by atoms with Gasteiger partial charge in [0.2, 0.25) is 11.8 Å². The number of benzene rings is 2. The van der Waals surface area contributed by atoms with Crippen molar-refractivity contribution in [3.05, 3.63) is 60.2 Å². The van der Waals surface area contributed by atoms with Gasteiger partial charge >= 0.3 is 0 Å². The molecule has 28 heavy (non-hydrogen) atoms. The topological polar surface area (TPSA) is 43.9 Å². The van der Waals surface area contributed by atoms with E-state index in [0.29, 0.717) is 12.6 Å². The lowest BCUT2D eigenvalue weighted by atomic mass is 10.1. The first-order valence-corrected chi connectivity index (χ1v) is 10.1. The number of nitrogens with zero attached hydrogens (tertiary/aromatic N) is 3. The number of para-hydroxylation sites is 2. The Morgan fingerprint density at radius 1 is 1.00 bits per heavy atom. The van der Waals surface area contributed by atoms with Crippen molar-refractivity contribution in [3.63, 3.8) is 0 Å². The summed E-state index contributed by atoms with van der Waals surface area (Å²) in [6.45, 7) is 2.35. The van der Waals surface area contributed by atoms with Crippen molar-refractivity contribution < 1.29 is 9.59 Å². The van der Waals surface area contributed by atoms with E-state index in [4.69, 9.17) is 0 Å². The van der Waals surface area contributed by atoms with E-state index >= 15 is 0 Å². The third-order valence-corrected chi connectivity index (χ3v) is 5.79. The van der Waals surface area contributed by atoms with Crippen molar-refractivity contribution in [2.75, 3.05) is 29.9 Å². The van der Waals surface area contributed by atoms with Crippen molar-refractivity contribution in [2.45, 2.75) is 38.3 Å². The van der Waals surface area contributed by atoms with Gasteiger partial charge in [0.15, 0.2) is 0 Å². The van der Waals surface area contributed by atoms with E-state index in [1.165, 1.54) is 6.42 Å². The number of fused-ring (bicyclic) bond motifs is 3. The van der Waals surface area contributed by atoms with Gasteiger partial charge in [0.05, 0.1) is 11.4 Å². The van der Waals surface area contributed by atoms with Crippen molar-refractivity contribution in [2.24, 2.45) is 0 Å². The molecule has 1 unspecified atom stereocenters. The van der Waals surface area contributed by atoms with E-state index < -0.39 is 0 Å². The van der Waals surface area contributed by atoms with Gasteiger partial charge in [-0.05, 0) is 30.5 Å². The molecule has 2 heterocycles. The molecule has 0 aliphatic carbocycles. The smallest absolute Gasteiger partial charge is 0.227 e. The molecule has 1 saturated heterocycles. The predicted molar refractivity (Wildman–Crippen MR) is 111 cm³/mol. The van der Waals surface area contributed by atoms with Gasteiger partial charge in [-0.15, -0.1) is 0 Å². The number of carbonyl (C=O) groups excluding carboxylic acids is 2. The zero-order valence-electron chi connectivity index (χ0n) is 16.4. The Balaban J connectivity index is 1.38. The maximum Gasteiger partial charge on any atom is 0.227 e. The molecule has 4 rings (SSSR count). The second-order valence-electron chi connectivity index (χ2n) is 7.72. The number of amides is 2. The van der Waals surface area contributed by atoms with Crippen LogP contribution in [0.5, 0.6) is 0 Å². The van der Waals surface area contributed by atoms with Gasteiger partial charge in [0.1, 0.15) is 0 Å². The number of hydrogen-bond donors (Lipinski definition) is 0. The molecule has 0 radical (unpaired) electrons. The second kappa shape index (κ2) is 8.05. The summed E-state index contributed by atoms with van der Waals surface area (Å²) in [4.78, 5) is 31.5. The van der Waals surface area contributed by atoms with Crippen LogP contribution < -0.4 is 9.80 Å². The number of carbonyl (C=O) groups is 2. The van der Waals surface area contributed by atoms with Gasteiger partial charge in [-0.2, -0.15) is 0 Å². The normalized spacial score (nSPS) is 17.8. The van der Waals surface area contributed by atoms with E-state index in [1.807, 2.05) is 53.4 Å². The molecule has 2 aliphatic heterocycles. The molecule has 2 amide bonds. The first-order valence-electron chi connectivity index (χ1n) is 10.1. The number of rotatable bonds is 5. The molecule has 0 N–H and O–H groups in total. The van der Waals surface area contributed by atoms with Gasteiger partial charge < -0.3 is 14.7 Å². The van der Waals surface area contributed by atoms with Crippen LogP contribution in [-0.2, 0) is 16.1 Å². The number of hydrogen-bond acceptors (Lipinski definition) is 3. The minimum atomic E-state index is 0.00462. The van der Waals surface area contributed by atoms with Crippen LogP contribution in [0.4, 0.5) is 11.4 Å². The average Bonchev–Trinajstić information content (AvgIpc) is 3.21.